The highest BCUT2D eigenvalue weighted by Crippen LogP contribution is 2.42. The number of hydrogen-bond acceptors (Lipinski definition) is 2. The molecule has 1 fully saturated rings. The molecule has 1 saturated heterocycles. The van der Waals surface area contributed by atoms with Gasteiger partial charge in [-0.2, -0.15) is 0 Å². The Bertz CT molecular complexity index is 369. The van der Waals surface area contributed by atoms with Gasteiger partial charge in [-0.15, -0.1) is 0 Å². The first kappa shape index (κ1) is 19.4. The fourth-order valence-electron chi connectivity index (χ4n) is 4.31. The average Bonchev–Trinajstić information content (AvgIpc) is 2.59. The fraction of sp³-hybridized carbons (Fsp3) is 0.833. The normalized spacial score (nSPS) is 21.5. The summed E-state index contributed by atoms with van der Waals surface area (Å²) in [6.07, 6.45) is 5.98. The second-order valence-electron chi connectivity index (χ2n) is 7.54. The van der Waals surface area contributed by atoms with E-state index in [9.17, 15) is 4.79 Å². The summed E-state index contributed by atoms with van der Waals surface area (Å²) in [6, 6.07) is 0.100. The number of rotatable bonds is 6. The van der Waals surface area contributed by atoms with Crippen molar-refractivity contribution in [1.29, 1.82) is 0 Å². The first-order chi connectivity index (χ1) is 10.3. The van der Waals surface area contributed by atoms with E-state index in [-0.39, 0.29) is 11.9 Å². The smallest absolute Gasteiger partial charge is 0.246 e. The van der Waals surface area contributed by atoms with Crippen LogP contribution < -0.4 is 0 Å². The van der Waals surface area contributed by atoms with Crippen LogP contribution in [0, 0.1) is 0 Å². The van der Waals surface area contributed by atoms with Crippen molar-refractivity contribution in [1.82, 2.24) is 5.06 Å². The molecule has 1 aliphatic heterocycles. The highest BCUT2D eigenvalue weighted by molar-refractivity contribution is 6.87. The Morgan fingerprint density at radius 3 is 2.09 bits per heavy atom. The largest absolute Gasteiger partial charge is 0.274 e. The van der Waals surface area contributed by atoms with E-state index in [0.717, 1.165) is 19.3 Å². The van der Waals surface area contributed by atoms with Crippen molar-refractivity contribution >= 4 is 14.0 Å². The van der Waals surface area contributed by atoms with Crippen LogP contribution in [0.1, 0.15) is 67.2 Å². The van der Waals surface area contributed by atoms with E-state index in [2.05, 4.69) is 53.3 Å². The van der Waals surface area contributed by atoms with E-state index in [0.29, 0.717) is 23.0 Å². The van der Waals surface area contributed by atoms with Crippen LogP contribution in [0.4, 0.5) is 0 Å². The second kappa shape index (κ2) is 8.30. The van der Waals surface area contributed by atoms with Crippen LogP contribution in [-0.2, 0) is 9.63 Å². The predicted molar refractivity (Wildman–Crippen MR) is 96.3 cm³/mol. The minimum Gasteiger partial charge on any atom is -0.274 e. The molecular formula is C18H35NO2Si. The zero-order valence-corrected chi connectivity index (χ0v) is 16.6. The topological polar surface area (TPSA) is 29.5 Å². The molecule has 0 N–H and O–H groups in total. The third kappa shape index (κ3) is 4.02. The van der Waals surface area contributed by atoms with Crippen LogP contribution in [0.25, 0.3) is 0 Å². The molecule has 22 heavy (non-hydrogen) atoms. The summed E-state index contributed by atoms with van der Waals surface area (Å²) in [4.78, 5) is 17.6. The van der Waals surface area contributed by atoms with Crippen molar-refractivity contribution in [2.45, 2.75) is 89.9 Å². The summed E-state index contributed by atoms with van der Waals surface area (Å²) in [5.41, 5.74) is 4.60. The van der Waals surface area contributed by atoms with E-state index >= 15 is 0 Å². The summed E-state index contributed by atoms with van der Waals surface area (Å²) in [6.45, 7) is 14.2. The predicted octanol–water partition coefficient (Wildman–Crippen LogP) is 5.09. The highest BCUT2D eigenvalue weighted by Gasteiger charge is 2.40. The molecular weight excluding hydrogens is 290 g/mol. The average molecular weight is 326 g/mol. The Labute approximate surface area is 138 Å². The number of amides is 1. The first-order valence-electron chi connectivity index (χ1n) is 8.82. The monoisotopic (exact) mass is 325 g/mol. The van der Waals surface area contributed by atoms with Crippen molar-refractivity contribution in [2.24, 2.45) is 0 Å². The lowest BCUT2D eigenvalue weighted by Gasteiger charge is -2.41. The van der Waals surface area contributed by atoms with Crippen molar-refractivity contribution in [3.8, 4) is 0 Å². The van der Waals surface area contributed by atoms with Crippen molar-refractivity contribution < 1.29 is 9.63 Å². The first-order valence-corrected chi connectivity index (χ1v) is 11.1. The van der Waals surface area contributed by atoms with Crippen molar-refractivity contribution in [3.63, 3.8) is 0 Å². The molecule has 128 valence electrons. The number of hydrogen-bond donors (Lipinski definition) is 0. The molecule has 0 aromatic heterocycles. The van der Waals surface area contributed by atoms with E-state index in [1.165, 1.54) is 0 Å². The zero-order chi connectivity index (χ0) is 16.9. The summed E-state index contributed by atoms with van der Waals surface area (Å²) < 4.78 is 0. The van der Waals surface area contributed by atoms with Gasteiger partial charge < -0.3 is 0 Å². The van der Waals surface area contributed by atoms with Gasteiger partial charge in [0.2, 0.25) is 5.91 Å². The highest BCUT2D eigenvalue weighted by atomic mass is 28.3. The van der Waals surface area contributed by atoms with Gasteiger partial charge in [-0.05, 0) is 29.5 Å². The van der Waals surface area contributed by atoms with E-state index in [1.54, 1.807) is 12.2 Å². The SMILES string of the molecule is CON1C(=O)CCCC[C@H]1/C=C/[Si](C(C)C)(C(C)C)C(C)C. The number of carbonyl (C=O) groups is 1. The van der Waals surface area contributed by atoms with Crippen molar-refractivity contribution in [2.75, 3.05) is 7.11 Å². The Balaban J connectivity index is 3.09. The summed E-state index contributed by atoms with van der Waals surface area (Å²) >= 11 is 0. The lowest BCUT2D eigenvalue weighted by atomic mass is 10.1. The number of carbonyl (C=O) groups excluding carboxylic acids is 1. The second-order valence-corrected chi connectivity index (χ2v) is 13.3. The van der Waals surface area contributed by atoms with Gasteiger partial charge in [-0.25, -0.2) is 5.06 Å². The third-order valence-electron chi connectivity index (χ3n) is 5.49. The molecule has 1 heterocycles. The van der Waals surface area contributed by atoms with Crippen LogP contribution in [0.5, 0.6) is 0 Å². The fourth-order valence-corrected chi connectivity index (χ4v) is 10.0. The molecule has 1 amide bonds. The van der Waals surface area contributed by atoms with Gasteiger partial charge >= 0.3 is 0 Å². The van der Waals surface area contributed by atoms with Gasteiger partial charge in [-0.3, -0.25) is 9.63 Å². The molecule has 0 unspecified atom stereocenters. The molecule has 4 heteroatoms. The molecule has 0 spiro atoms. The van der Waals surface area contributed by atoms with Crippen LogP contribution in [-0.4, -0.2) is 32.2 Å². The summed E-state index contributed by atoms with van der Waals surface area (Å²) in [7, 11) is 0.0467. The molecule has 3 nitrogen and oxygen atoms in total. The maximum Gasteiger partial charge on any atom is 0.246 e. The van der Waals surface area contributed by atoms with E-state index in [1.807, 2.05) is 0 Å². The Kier molecular flexibility index (Phi) is 7.33. The molecule has 0 aromatic rings. The molecule has 1 rings (SSSR count). The summed E-state index contributed by atoms with van der Waals surface area (Å²) in [5, 5.41) is 1.60. The maximum absolute atomic E-state index is 12.2. The standard InChI is InChI=1S/C18H35NO2Si/c1-14(2)22(15(3)4,16(5)6)13-12-17-10-8-9-11-18(20)19(17)21-7/h12-17H,8-11H2,1-7H3/b13-12+/t17-/m0/s1. The van der Waals surface area contributed by atoms with Gasteiger partial charge in [0.1, 0.15) is 0 Å². The molecule has 0 bridgehead atoms. The Hall–Kier alpha value is -0.613. The minimum atomic E-state index is -1.57. The van der Waals surface area contributed by atoms with Gasteiger partial charge in [0, 0.05) is 6.42 Å². The van der Waals surface area contributed by atoms with Gasteiger partial charge in [0.15, 0.2) is 0 Å². The Morgan fingerprint density at radius 2 is 1.64 bits per heavy atom. The van der Waals surface area contributed by atoms with Gasteiger partial charge in [-0.1, -0.05) is 59.7 Å². The lowest BCUT2D eigenvalue weighted by molar-refractivity contribution is -0.182. The molecule has 0 aromatic carbocycles. The molecule has 0 aliphatic carbocycles. The third-order valence-corrected chi connectivity index (χ3v) is 12.3. The molecule has 1 atom stereocenters. The lowest BCUT2D eigenvalue weighted by Crippen LogP contribution is -2.44. The van der Waals surface area contributed by atoms with Crippen LogP contribution >= 0.6 is 0 Å². The Morgan fingerprint density at radius 1 is 1.09 bits per heavy atom. The van der Waals surface area contributed by atoms with Gasteiger partial charge in [0.25, 0.3) is 0 Å². The van der Waals surface area contributed by atoms with Crippen molar-refractivity contribution in [3.05, 3.63) is 11.8 Å². The van der Waals surface area contributed by atoms with E-state index < -0.39 is 8.07 Å². The quantitative estimate of drug-likeness (QED) is 0.636. The number of nitrogens with zero attached hydrogens (tertiary/aromatic N) is 1. The zero-order valence-electron chi connectivity index (χ0n) is 15.6. The van der Waals surface area contributed by atoms with Crippen LogP contribution in [0.2, 0.25) is 16.6 Å². The van der Waals surface area contributed by atoms with E-state index in [4.69, 9.17) is 4.84 Å². The van der Waals surface area contributed by atoms with Crippen LogP contribution in [0.15, 0.2) is 11.8 Å². The molecule has 1 aliphatic rings. The van der Waals surface area contributed by atoms with Gasteiger partial charge in [0.05, 0.1) is 21.2 Å². The molecule has 0 radical (unpaired) electrons. The summed E-state index contributed by atoms with van der Waals surface area (Å²) in [5.74, 6) is 0.126. The number of hydroxylamine groups is 2. The maximum atomic E-state index is 12.2. The van der Waals surface area contributed by atoms with Crippen LogP contribution in [0.3, 0.4) is 0 Å². The minimum absolute atomic E-state index is 0.100. The molecule has 0 saturated carbocycles.